The zero-order valence-electron chi connectivity index (χ0n) is 14.4. The molecule has 1 N–H and O–H groups in total. The van der Waals surface area contributed by atoms with E-state index < -0.39 is 5.60 Å². The molecular formula is C20H24FNO2. The summed E-state index contributed by atoms with van der Waals surface area (Å²) in [5, 5.41) is 9.83. The molecule has 0 radical (unpaired) electrons. The molecule has 3 nitrogen and oxygen atoms in total. The molecule has 0 heterocycles. The Morgan fingerprint density at radius 2 is 1.79 bits per heavy atom. The summed E-state index contributed by atoms with van der Waals surface area (Å²) in [6.45, 7) is 3.98. The zero-order chi connectivity index (χ0) is 17.7. The van der Waals surface area contributed by atoms with Crippen LogP contribution in [0.4, 0.5) is 4.39 Å². The largest absolute Gasteiger partial charge is 0.390 e. The Balaban J connectivity index is 2.04. The average molecular weight is 329 g/mol. The van der Waals surface area contributed by atoms with Gasteiger partial charge in [-0.3, -0.25) is 4.79 Å². The van der Waals surface area contributed by atoms with Gasteiger partial charge in [0.25, 0.3) is 5.91 Å². The monoisotopic (exact) mass is 329 g/mol. The van der Waals surface area contributed by atoms with Crippen LogP contribution in [0, 0.1) is 5.82 Å². The maximum Gasteiger partial charge on any atom is 0.253 e. The Kier molecular flexibility index (Phi) is 5.73. The number of carbonyl (C=O) groups excluding carboxylic acids is 1. The van der Waals surface area contributed by atoms with E-state index in [0.29, 0.717) is 24.9 Å². The maximum atomic E-state index is 13.0. The van der Waals surface area contributed by atoms with Gasteiger partial charge in [0.2, 0.25) is 0 Å². The van der Waals surface area contributed by atoms with Gasteiger partial charge < -0.3 is 10.0 Å². The summed E-state index contributed by atoms with van der Waals surface area (Å²) in [7, 11) is 1.73. The van der Waals surface area contributed by atoms with Gasteiger partial charge in [-0.15, -0.1) is 0 Å². The van der Waals surface area contributed by atoms with E-state index in [4.69, 9.17) is 0 Å². The van der Waals surface area contributed by atoms with Crippen molar-refractivity contribution in [2.45, 2.75) is 38.8 Å². The van der Waals surface area contributed by atoms with Crippen LogP contribution >= 0.6 is 0 Å². The van der Waals surface area contributed by atoms with Crippen LogP contribution in [-0.4, -0.2) is 28.6 Å². The number of amides is 1. The van der Waals surface area contributed by atoms with Gasteiger partial charge in [-0.2, -0.15) is 0 Å². The van der Waals surface area contributed by atoms with Crippen LogP contribution in [0.3, 0.4) is 0 Å². The molecule has 2 aromatic carbocycles. The predicted molar refractivity (Wildman–Crippen MR) is 93.3 cm³/mol. The van der Waals surface area contributed by atoms with Crippen molar-refractivity contribution in [1.82, 2.24) is 4.90 Å². The van der Waals surface area contributed by atoms with Gasteiger partial charge in [-0.1, -0.05) is 24.3 Å². The lowest BCUT2D eigenvalue weighted by molar-refractivity contribution is 0.0714. The molecule has 24 heavy (non-hydrogen) atoms. The van der Waals surface area contributed by atoms with E-state index in [1.165, 1.54) is 12.1 Å². The Labute approximate surface area is 142 Å². The summed E-state index contributed by atoms with van der Waals surface area (Å²) in [6, 6.07) is 13.6. The smallest absolute Gasteiger partial charge is 0.253 e. The highest BCUT2D eigenvalue weighted by molar-refractivity contribution is 5.94. The van der Waals surface area contributed by atoms with Crippen LogP contribution in [0.5, 0.6) is 0 Å². The minimum Gasteiger partial charge on any atom is -0.390 e. The predicted octanol–water partition coefficient (Wildman–Crippen LogP) is 3.80. The molecule has 0 aliphatic heterocycles. The molecule has 0 aliphatic rings. The number of carbonyl (C=O) groups is 1. The second-order valence-electron chi connectivity index (χ2n) is 6.80. The maximum absolute atomic E-state index is 13.0. The van der Waals surface area contributed by atoms with E-state index >= 15 is 0 Å². The van der Waals surface area contributed by atoms with Gasteiger partial charge in [0.05, 0.1) is 5.60 Å². The normalized spacial score (nSPS) is 11.4. The minimum atomic E-state index is -0.723. The third kappa shape index (κ3) is 5.46. The Morgan fingerprint density at radius 1 is 1.12 bits per heavy atom. The molecule has 0 unspecified atom stereocenters. The van der Waals surface area contributed by atoms with Crippen molar-refractivity contribution in [3.63, 3.8) is 0 Å². The molecule has 0 atom stereocenters. The van der Waals surface area contributed by atoms with Crippen molar-refractivity contribution in [2.24, 2.45) is 0 Å². The van der Waals surface area contributed by atoms with E-state index in [0.717, 1.165) is 11.1 Å². The van der Waals surface area contributed by atoms with Crippen LogP contribution < -0.4 is 0 Å². The van der Waals surface area contributed by atoms with Crippen molar-refractivity contribution in [2.75, 3.05) is 7.05 Å². The van der Waals surface area contributed by atoms with Crippen LogP contribution in [0.1, 0.15) is 41.8 Å². The van der Waals surface area contributed by atoms with Crippen LogP contribution in [-0.2, 0) is 13.0 Å². The SMILES string of the molecule is CN(Cc1ccc(F)cc1)C(=O)c1cccc(CCC(C)(C)O)c1. The van der Waals surface area contributed by atoms with Crippen LogP contribution in [0.2, 0.25) is 0 Å². The topological polar surface area (TPSA) is 40.5 Å². The molecule has 0 saturated heterocycles. The summed E-state index contributed by atoms with van der Waals surface area (Å²) in [5.41, 5.74) is 1.80. The van der Waals surface area contributed by atoms with Crippen LogP contribution in [0.25, 0.3) is 0 Å². The number of aryl methyl sites for hydroxylation is 1. The van der Waals surface area contributed by atoms with Gasteiger partial charge in [-0.25, -0.2) is 4.39 Å². The third-order valence-corrected chi connectivity index (χ3v) is 3.88. The number of aliphatic hydroxyl groups is 1. The molecule has 2 aromatic rings. The van der Waals surface area contributed by atoms with E-state index in [2.05, 4.69) is 0 Å². The summed E-state index contributed by atoms with van der Waals surface area (Å²) in [5.74, 6) is -0.364. The Bertz CT molecular complexity index is 690. The first-order valence-corrected chi connectivity index (χ1v) is 8.06. The molecule has 0 spiro atoms. The van der Waals surface area contributed by atoms with E-state index in [-0.39, 0.29) is 11.7 Å². The molecule has 0 fully saturated rings. The fourth-order valence-electron chi connectivity index (χ4n) is 2.47. The molecule has 4 heteroatoms. The highest BCUT2D eigenvalue weighted by Gasteiger charge is 2.15. The molecule has 1 amide bonds. The van der Waals surface area contributed by atoms with E-state index in [1.54, 1.807) is 44.0 Å². The van der Waals surface area contributed by atoms with Crippen molar-refractivity contribution >= 4 is 5.91 Å². The number of nitrogens with zero attached hydrogens (tertiary/aromatic N) is 1. The second-order valence-corrected chi connectivity index (χ2v) is 6.80. The highest BCUT2D eigenvalue weighted by atomic mass is 19.1. The quantitative estimate of drug-likeness (QED) is 0.876. The van der Waals surface area contributed by atoms with Gasteiger partial charge >= 0.3 is 0 Å². The van der Waals surface area contributed by atoms with Crippen LogP contribution in [0.15, 0.2) is 48.5 Å². The van der Waals surface area contributed by atoms with Gasteiger partial charge in [0.1, 0.15) is 5.82 Å². The Hall–Kier alpha value is -2.20. The first-order chi connectivity index (χ1) is 11.2. The average Bonchev–Trinajstić information content (AvgIpc) is 2.54. The number of rotatable bonds is 6. The fourth-order valence-corrected chi connectivity index (χ4v) is 2.47. The highest BCUT2D eigenvalue weighted by Crippen LogP contribution is 2.16. The van der Waals surface area contributed by atoms with Crippen molar-refractivity contribution in [1.29, 1.82) is 0 Å². The third-order valence-electron chi connectivity index (χ3n) is 3.88. The lowest BCUT2D eigenvalue weighted by Gasteiger charge is -2.19. The number of halogens is 1. The lowest BCUT2D eigenvalue weighted by Crippen LogP contribution is -2.26. The molecule has 0 saturated carbocycles. The van der Waals surface area contributed by atoms with Crippen molar-refractivity contribution in [3.05, 3.63) is 71.0 Å². The second kappa shape index (κ2) is 7.58. The summed E-state index contributed by atoms with van der Waals surface area (Å²) < 4.78 is 13.0. The summed E-state index contributed by atoms with van der Waals surface area (Å²) >= 11 is 0. The Morgan fingerprint density at radius 3 is 2.42 bits per heavy atom. The minimum absolute atomic E-state index is 0.0792. The first-order valence-electron chi connectivity index (χ1n) is 8.06. The number of benzene rings is 2. The van der Waals surface area contributed by atoms with E-state index in [9.17, 15) is 14.3 Å². The van der Waals surface area contributed by atoms with Gasteiger partial charge in [0.15, 0.2) is 0 Å². The van der Waals surface area contributed by atoms with Gasteiger partial charge in [-0.05, 0) is 62.1 Å². The molecule has 0 aromatic heterocycles. The molecule has 0 aliphatic carbocycles. The fraction of sp³-hybridized carbons (Fsp3) is 0.350. The molecule has 2 rings (SSSR count). The molecule has 0 bridgehead atoms. The standard InChI is InChI=1S/C20H24FNO2/c1-20(2,24)12-11-15-5-4-6-17(13-15)19(23)22(3)14-16-7-9-18(21)10-8-16/h4-10,13,24H,11-12,14H2,1-3H3. The number of hydrogen-bond donors (Lipinski definition) is 1. The van der Waals surface area contributed by atoms with Crippen molar-refractivity contribution in [3.8, 4) is 0 Å². The lowest BCUT2D eigenvalue weighted by atomic mass is 9.98. The number of hydrogen-bond acceptors (Lipinski definition) is 2. The van der Waals surface area contributed by atoms with Crippen molar-refractivity contribution < 1.29 is 14.3 Å². The zero-order valence-corrected chi connectivity index (χ0v) is 14.4. The summed E-state index contributed by atoms with van der Waals surface area (Å²) in [4.78, 5) is 14.2. The summed E-state index contributed by atoms with van der Waals surface area (Å²) in [6.07, 6.45) is 1.35. The van der Waals surface area contributed by atoms with Gasteiger partial charge in [0, 0.05) is 19.2 Å². The first kappa shape index (κ1) is 18.1. The van der Waals surface area contributed by atoms with E-state index in [1.807, 2.05) is 18.2 Å². The molecule has 128 valence electrons. The molecular weight excluding hydrogens is 305 g/mol.